The Labute approximate surface area is 118 Å². The summed E-state index contributed by atoms with van der Waals surface area (Å²) in [5, 5.41) is 5.02. The smallest absolute Gasteiger partial charge is 0.0576 e. The molecule has 0 aliphatic heterocycles. The summed E-state index contributed by atoms with van der Waals surface area (Å²) in [6.45, 7) is 1.95. The number of hydrogen-bond donors (Lipinski definition) is 1. The van der Waals surface area contributed by atoms with Gasteiger partial charge in [0.15, 0.2) is 0 Å². The molecule has 2 nitrogen and oxygen atoms in total. The summed E-state index contributed by atoms with van der Waals surface area (Å²) in [5.41, 5.74) is 5.98. The Morgan fingerprint density at radius 2 is 1.74 bits per heavy atom. The van der Waals surface area contributed by atoms with E-state index < -0.39 is 0 Å². The summed E-state index contributed by atoms with van der Waals surface area (Å²) in [6, 6.07) is 17.5. The monoisotopic (exact) mass is 270 g/mol. The Kier molecular flexibility index (Phi) is 4.76. The second-order valence-electron chi connectivity index (χ2n) is 4.12. The van der Waals surface area contributed by atoms with Crippen LogP contribution in [0.5, 0.6) is 0 Å². The van der Waals surface area contributed by atoms with Crippen molar-refractivity contribution in [2.45, 2.75) is 6.92 Å². The minimum Gasteiger partial charge on any atom is -0.278 e. The van der Waals surface area contributed by atoms with E-state index in [1.165, 1.54) is 0 Å². The minimum absolute atomic E-state index is 0.744. The Bertz CT molecular complexity index is 571. The van der Waals surface area contributed by atoms with Crippen LogP contribution in [0.1, 0.15) is 12.5 Å². The molecule has 96 valence electrons. The molecule has 0 unspecified atom stereocenters. The maximum atomic E-state index is 5.83. The van der Waals surface area contributed by atoms with Gasteiger partial charge in [-0.25, -0.2) is 0 Å². The van der Waals surface area contributed by atoms with Gasteiger partial charge in [0.25, 0.3) is 0 Å². The van der Waals surface area contributed by atoms with Crippen molar-refractivity contribution in [3.05, 3.63) is 71.3 Å². The molecule has 2 aromatic carbocycles. The van der Waals surface area contributed by atoms with Gasteiger partial charge in [-0.05, 0) is 42.8 Å². The van der Waals surface area contributed by atoms with Crippen LogP contribution < -0.4 is 5.43 Å². The van der Waals surface area contributed by atoms with Crippen molar-refractivity contribution in [1.82, 2.24) is 0 Å². The third kappa shape index (κ3) is 4.60. The molecule has 1 N–H and O–H groups in total. The highest BCUT2D eigenvalue weighted by Crippen LogP contribution is 2.10. The van der Waals surface area contributed by atoms with Crippen LogP contribution in [0, 0.1) is 0 Å². The van der Waals surface area contributed by atoms with Crippen LogP contribution in [0.4, 0.5) is 5.69 Å². The van der Waals surface area contributed by atoms with E-state index in [1.54, 1.807) is 0 Å². The van der Waals surface area contributed by atoms with E-state index in [1.807, 2.05) is 73.7 Å². The summed E-state index contributed by atoms with van der Waals surface area (Å²) in [6.07, 6.45) is 3.96. The van der Waals surface area contributed by atoms with Crippen molar-refractivity contribution in [2.24, 2.45) is 5.10 Å². The Morgan fingerprint density at radius 3 is 2.42 bits per heavy atom. The van der Waals surface area contributed by atoms with E-state index in [2.05, 4.69) is 10.5 Å². The number of para-hydroxylation sites is 1. The fourth-order valence-electron chi connectivity index (χ4n) is 1.49. The molecule has 0 bridgehead atoms. The maximum absolute atomic E-state index is 5.83. The molecular formula is C16H15ClN2. The van der Waals surface area contributed by atoms with Gasteiger partial charge in [-0.1, -0.05) is 48.0 Å². The molecular weight excluding hydrogens is 256 g/mol. The highest BCUT2D eigenvalue weighted by atomic mass is 35.5. The molecule has 3 heteroatoms. The lowest BCUT2D eigenvalue weighted by molar-refractivity contribution is 1.33. The third-order valence-corrected chi connectivity index (χ3v) is 2.77. The van der Waals surface area contributed by atoms with Gasteiger partial charge in [-0.3, -0.25) is 5.43 Å². The molecule has 0 saturated heterocycles. The van der Waals surface area contributed by atoms with Crippen LogP contribution in [0.2, 0.25) is 5.02 Å². The maximum Gasteiger partial charge on any atom is 0.0576 e. The van der Waals surface area contributed by atoms with Gasteiger partial charge >= 0.3 is 0 Å². The fraction of sp³-hybridized carbons (Fsp3) is 0.0625. The summed E-state index contributed by atoms with van der Waals surface area (Å²) >= 11 is 5.83. The van der Waals surface area contributed by atoms with Crippen molar-refractivity contribution >= 4 is 29.1 Å². The predicted octanol–water partition coefficient (Wildman–Crippen LogP) is 4.84. The normalized spacial score (nSPS) is 11.8. The molecule has 2 rings (SSSR count). The molecule has 0 radical (unpaired) electrons. The second-order valence-corrected chi connectivity index (χ2v) is 4.55. The van der Waals surface area contributed by atoms with Gasteiger partial charge in [0.05, 0.1) is 11.4 Å². The number of halogens is 1. The van der Waals surface area contributed by atoms with Crippen molar-refractivity contribution in [3.8, 4) is 0 Å². The lowest BCUT2D eigenvalue weighted by Crippen LogP contribution is -1.93. The SMILES string of the molecule is CC(/C=C/c1ccc(Cl)cc1)=N/Nc1ccccc1. The Balaban J connectivity index is 1.96. The number of anilines is 1. The molecule has 0 fully saturated rings. The summed E-state index contributed by atoms with van der Waals surface area (Å²) in [7, 11) is 0. The Morgan fingerprint density at radius 1 is 1.05 bits per heavy atom. The highest BCUT2D eigenvalue weighted by molar-refractivity contribution is 6.30. The molecule has 0 aliphatic carbocycles. The second kappa shape index (κ2) is 6.76. The molecule has 0 aromatic heterocycles. The van der Waals surface area contributed by atoms with Gasteiger partial charge in [0.1, 0.15) is 0 Å². The molecule has 0 spiro atoms. The zero-order valence-corrected chi connectivity index (χ0v) is 11.4. The topological polar surface area (TPSA) is 24.4 Å². The largest absolute Gasteiger partial charge is 0.278 e. The number of hydrogen-bond acceptors (Lipinski definition) is 2. The zero-order chi connectivity index (χ0) is 13.5. The lowest BCUT2D eigenvalue weighted by Gasteiger charge is -1.99. The fourth-order valence-corrected chi connectivity index (χ4v) is 1.62. The lowest BCUT2D eigenvalue weighted by atomic mass is 10.2. The molecule has 0 aliphatic rings. The number of benzene rings is 2. The van der Waals surface area contributed by atoms with Crippen LogP contribution in [-0.4, -0.2) is 5.71 Å². The molecule has 0 amide bonds. The standard InChI is InChI=1S/C16H15ClN2/c1-13(18-19-16-5-3-2-4-6-16)7-8-14-9-11-15(17)12-10-14/h2-12,19H,1H3/b8-7+,18-13-. The van der Waals surface area contributed by atoms with Gasteiger partial charge in [-0.2, -0.15) is 5.10 Å². The molecule has 0 heterocycles. The number of nitrogens with zero attached hydrogens (tertiary/aromatic N) is 1. The number of allylic oxidation sites excluding steroid dienone is 1. The minimum atomic E-state index is 0.744. The number of rotatable bonds is 4. The quantitative estimate of drug-likeness (QED) is 0.624. The van der Waals surface area contributed by atoms with Crippen molar-refractivity contribution < 1.29 is 0 Å². The van der Waals surface area contributed by atoms with Gasteiger partial charge < -0.3 is 0 Å². The van der Waals surface area contributed by atoms with Crippen LogP contribution >= 0.6 is 11.6 Å². The first-order valence-electron chi connectivity index (χ1n) is 6.03. The predicted molar refractivity (Wildman–Crippen MR) is 83.7 cm³/mol. The molecule has 0 atom stereocenters. The zero-order valence-electron chi connectivity index (χ0n) is 10.7. The van der Waals surface area contributed by atoms with Crippen LogP contribution in [0.15, 0.2) is 65.8 Å². The van der Waals surface area contributed by atoms with E-state index >= 15 is 0 Å². The van der Waals surface area contributed by atoms with Crippen LogP contribution in [0.3, 0.4) is 0 Å². The van der Waals surface area contributed by atoms with Crippen LogP contribution in [0.25, 0.3) is 6.08 Å². The average molecular weight is 271 g/mol. The van der Waals surface area contributed by atoms with Gasteiger partial charge in [0, 0.05) is 5.02 Å². The first-order chi connectivity index (χ1) is 9.24. The molecule has 0 saturated carbocycles. The van der Waals surface area contributed by atoms with Crippen molar-refractivity contribution in [3.63, 3.8) is 0 Å². The van der Waals surface area contributed by atoms with Gasteiger partial charge in [0.2, 0.25) is 0 Å². The first kappa shape index (κ1) is 13.4. The Hall–Kier alpha value is -2.06. The van der Waals surface area contributed by atoms with E-state index in [0.29, 0.717) is 0 Å². The molecule has 19 heavy (non-hydrogen) atoms. The molecule has 2 aromatic rings. The van der Waals surface area contributed by atoms with Crippen molar-refractivity contribution in [1.29, 1.82) is 0 Å². The summed E-state index contributed by atoms with van der Waals surface area (Å²) in [5.74, 6) is 0. The van der Waals surface area contributed by atoms with E-state index in [4.69, 9.17) is 11.6 Å². The van der Waals surface area contributed by atoms with E-state index in [0.717, 1.165) is 22.0 Å². The van der Waals surface area contributed by atoms with E-state index in [-0.39, 0.29) is 0 Å². The number of nitrogens with one attached hydrogen (secondary N) is 1. The van der Waals surface area contributed by atoms with Crippen molar-refractivity contribution in [2.75, 3.05) is 5.43 Å². The summed E-state index contributed by atoms with van der Waals surface area (Å²) < 4.78 is 0. The van der Waals surface area contributed by atoms with E-state index in [9.17, 15) is 0 Å². The average Bonchev–Trinajstić information content (AvgIpc) is 2.45. The highest BCUT2D eigenvalue weighted by Gasteiger charge is 1.90. The van der Waals surface area contributed by atoms with Crippen LogP contribution in [-0.2, 0) is 0 Å². The number of hydrazone groups is 1. The third-order valence-electron chi connectivity index (χ3n) is 2.52. The first-order valence-corrected chi connectivity index (χ1v) is 6.41. The summed E-state index contributed by atoms with van der Waals surface area (Å²) in [4.78, 5) is 0. The van der Waals surface area contributed by atoms with Gasteiger partial charge in [-0.15, -0.1) is 0 Å².